The zero-order chi connectivity index (χ0) is 26.3. The summed E-state index contributed by atoms with van der Waals surface area (Å²) in [7, 11) is -3.79. The molecule has 4 rings (SSSR count). The van der Waals surface area contributed by atoms with Crippen LogP contribution in [0.3, 0.4) is 0 Å². The lowest BCUT2D eigenvalue weighted by Gasteiger charge is -2.31. The molecule has 0 N–H and O–H groups in total. The number of ether oxygens (including phenoxy) is 1. The number of aromatic nitrogens is 1. The van der Waals surface area contributed by atoms with Gasteiger partial charge in [0.1, 0.15) is 16.7 Å². The molecule has 0 spiro atoms. The Morgan fingerprint density at radius 3 is 2.61 bits per heavy atom. The molecule has 0 fully saturated rings. The van der Waals surface area contributed by atoms with Gasteiger partial charge in [0.25, 0.3) is 0 Å². The standard InChI is InChI=1S/C28H34N2O4S2/c1-7-22-17-30(36(32,33)26-15-29-13-12-23(26)34-22)16-21-14-20(9-8-18(21)2)27(28(4,5)6)25-11-10-24(35-25)19(3)31/h8-15,22,27H,7,16-17H2,1-6H3/t22-,27?/m1/s1. The first kappa shape index (κ1) is 26.5. The van der Waals surface area contributed by atoms with Gasteiger partial charge in [0.2, 0.25) is 10.0 Å². The molecule has 1 aliphatic rings. The highest BCUT2D eigenvalue weighted by molar-refractivity contribution is 7.89. The van der Waals surface area contributed by atoms with Gasteiger partial charge in [0.05, 0.1) is 17.6 Å². The Kier molecular flexibility index (Phi) is 7.42. The summed E-state index contributed by atoms with van der Waals surface area (Å²) in [5, 5.41) is 0. The summed E-state index contributed by atoms with van der Waals surface area (Å²) in [5.41, 5.74) is 2.99. The topological polar surface area (TPSA) is 76.6 Å². The van der Waals surface area contributed by atoms with E-state index in [1.807, 2.05) is 26.0 Å². The van der Waals surface area contributed by atoms with E-state index in [1.165, 1.54) is 21.8 Å². The van der Waals surface area contributed by atoms with Crippen molar-refractivity contribution < 1.29 is 17.9 Å². The molecule has 2 aromatic heterocycles. The Bertz CT molecular complexity index is 1370. The zero-order valence-electron chi connectivity index (χ0n) is 21.7. The van der Waals surface area contributed by atoms with E-state index >= 15 is 0 Å². The van der Waals surface area contributed by atoms with Crippen molar-refractivity contribution in [3.63, 3.8) is 0 Å². The summed E-state index contributed by atoms with van der Waals surface area (Å²) in [6, 6.07) is 11.9. The monoisotopic (exact) mass is 526 g/mol. The maximum Gasteiger partial charge on any atom is 0.248 e. The molecule has 6 nitrogen and oxygen atoms in total. The number of ketones is 1. The van der Waals surface area contributed by atoms with Crippen molar-refractivity contribution in [3.8, 4) is 5.75 Å². The molecule has 36 heavy (non-hydrogen) atoms. The molecule has 1 unspecified atom stereocenters. The van der Waals surface area contributed by atoms with Gasteiger partial charge in [-0.05, 0) is 60.6 Å². The predicted molar refractivity (Wildman–Crippen MR) is 143 cm³/mol. The SMILES string of the molecule is CC[C@@H]1CN(Cc2cc(C(c3ccc(C(C)=O)s3)C(C)(C)C)ccc2C)S(=O)(=O)c2cnccc2O1. The number of carbonyl (C=O) groups is 1. The summed E-state index contributed by atoms with van der Waals surface area (Å²) < 4.78 is 34.8. The number of hydrogen-bond acceptors (Lipinski definition) is 6. The van der Waals surface area contributed by atoms with Crippen molar-refractivity contribution >= 4 is 27.1 Å². The van der Waals surface area contributed by atoms with Crippen LogP contribution in [0.25, 0.3) is 0 Å². The van der Waals surface area contributed by atoms with Gasteiger partial charge < -0.3 is 4.74 Å². The molecule has 8 heteroatoms. The smallest absolute Gasteiger partial charge is 0.248 e. The Labute approximate surface area is 218 Å². The van der Waals surface area contributed by atoms with Crippen LogP contribution in [-0.2, 0) is 16.6 Å². The predicted octanol–water partition coefficient (Wildman–Crippen LogP) is 6.19. The molecule has 1 aliphatic heterocycles. The van der Waals surface area contributed by atoms with Crippen molar-refractivity contribution in [1.29, 1.82) is 0 Å². The van der Waals surface area contributed by atoms with E-state index in [0.717, 1.165) is 26.4 Å². The summed E-state index contributed by atoms with van der Waals surface area (Å²) in [4.78, 5) is 18.0. The highest BCUT2D eigenvalue weighted by Crippen LogP contribution is 2.44. The molecule has 0 saturated carbocycles. The van der Waals surface area contributed by atoms with Crippen molar-refractivity contribution in [3.05, 3.63) is 75.2 Å². The van der Waals surface area contributed by atoms with Gasteiger partial charge in [-0.25, -0.2) is 8.42 Å². The van der Waals surface area contributed by atoms with E-state index < -0.39 is 10.0 Å². The molecular weight excluding hydrogens is 492 g/mol. The quantitative estimate of drug-likeness (QED) is 0.358. The highest BCUT2D eigenvalue weighted by atomic mass is 32.2. The van der Waals surface area contributed by atoms with Crippen LogP contribution in [0.1, 0.15) is 78.2 Å². The van der Waals surface area contributed by atoms with Crippen molar-refractivity contribution in [1.82, 2.24) is 9.29 Å². The third-order valence-corrected chi connectivity index (χ3v) is 9.77. The lowest BCUT2D eigenvalue weighted by atomic mass is 9.75. The number of aryl methyl sites for hydroxylation is 1. The summed E-state index contributed by atoms with van der Waals surface area (Å²) in [6.07, 6.45) is 3.37. The molecule has 0 radical (unpaired) electrons. The third kappa shape index (κ3) is 5.26. The molecule has 3 aromatic rings. The maximum atomic E-state index is 13.6. The minimum absolute atomic E-state index is 0.0624. The van der Waals surface area contributed by atoms with Crippen LogP contribution in [0.2, 0.25) is 0 Å². The van der Waals surface area contributed by atoms with Gasteiger partial charge in [0, 0.05) is 23.5 Å². The molecule has 0 bridgehead atoms. The summed E-state index contributed by atoms with van der Waals surface area (Å²) in [5.74, 6) is 0.487. The number of pyridine rings is 1. The average molecular weight is 527 g/mol. The van der Waals surface area contributed by atoms with Crippen LogP contribution in [-0.4, -0.2) is 36.1 Å². The second-order valence-corrected chi connectivity index (χ2v) is 13.5. The minimum Gasteiger partial charge on any atom is -0.488 e. The second kappa shape index (κ2) is 10.1. The maximum absolute atomic E-state index is 13.6. The number of sulfonamides is 1. The van der Waals surface area contributed by atoms with Crippen LogP contribution in [0.5, 0.6) is 5.75 Å². The fourth-order valence-electron chi connectivity index (χ4n) is 4.72. The zero-order valence-corrected chi connectivity index (χ0v) is 23.4. The molecule has 2 atom stereocenters. The fraction of sp³-hybridized carbons (Fsp3) is 0.429. The first-order chi connectivity index (χ1) is 16.9. The number of Topliss-reactive ketones (excluding diaryl/α,β-unsaturated/α-hetero) is 1. The van der Waals surface area contributed by atoms with Gasteiger partial charge >= 0.3 is 0 Å². The van der Waals surface area contributed by atoms with E-state index in [4.69, 9.17) is 4.74 Å². The van der Waals surface area contributed by atoms with E-state index in [0.29, 0.717) is 12.2 Å². The third-order valence-electron chi connectivity index (χ3n) is 6.70. The van der Waals surface area contributed by atoms with Crippen molar-refractivity contribution in [2.75, 3.05) is 6.54 Å². The van der Waals surface area contributed by atoms with Gasteiger partial charge in [0.15, 0.2) is 5.78 Å². The van der Waals surface area contributed by atoms with E-state index in [9.17, 15) is 13.2 Å². The molecular formula is C28H34N2O4S2. The largest absolute Gasteiger partial charge is 0.488 e. The van der Waals surface area contributed by atoms with Crippen LogP contribution < -0.4 is 4.74 Å². The Morgan fingerprint density at radius 2 is 1.97 bits per heavy atom. The number of rotatable bonds is 6. The van der Waals surface area contributed by atoms with Crippen LogP contribution in [0.4, 0.5) is 0 Å². The number of hydrogen-bond donors (Lipinski definition) is 0. The number of fused-ring (bicyclic) bond motifs is 1. The van der Waals surface area contributed by atoms with Crippen LogP contribution in [0.15, 0.2) is 53.7 Å². The fourth-order valence-corrected chi connectivity index (χ4v) is 7.51. The first-order valence-corrected chi connectivity index (χ1v) is 14.5. The second-order valence-electron chi connectivity index (χ2n) is 10.5. The Hall–Kier alpha value is -2.55. The molecule has 0 amide bonds. The average Bonchev–Trinajstić information content (AvgIpc) is 3.25. The van der Waals surface area contributed by atoms with Gasteiger partial charge in [-0.1, -0.05) is 45.9 Å². The molecule has 0 aliphatic carbocycles. The Balaban J connectivity index is 1.75. The molecule has 3 heterocycles. The highest BCUT2D eigenvalue weighted by Gasteiger charge is 2.35. The number of thiophene rings is 1. The minimum atomic E-state index is -3.79. The van der Waals surface area contributed by atoms with Gasteiger partial charge in [-0.15, -0.1) is 11.3 Å². The van der Waals surface area contributed by atoms with Gasteiger partial charge in [-0.2, -0.15) is 4.31 Å². The van der Waals surface area contributed by atoms with Crippen LogP contribution >= 0.6 is 11.3 Å². The number of nitrogens with zero attached hydrogens (tertiary/aromatic N) is 2. The van der Waals surface area contributed by atoms with Crippen molar-refractivity contribution in [2.24, 2.45) is 5.41 Å². The summed E-state index contributed by atoms with van der Waals surface area (Å²) >= 11 is 1.54. The van der Waals surface area contributed by atoms with E-state index in [2.05, 4.69) is 44.0 Å². The Morgan fingerprint density at radius 1 is 1.22 bits per heavy atom. The number of carbonyl (C=O) groups excluding carboxylic acids is 1. The van der Waals surface area contributed by atoms with Crippen molar-refractivity contribution in [2.45, 2.75) is 71.4 Å². The number of benzene rings is 1. The summed E-state index contributed by atoms with van der Waals surface area (Å²) in [6.45, 7) is 12.7. The van der Waals surface area contributed by atoms with E-state index in [-0.39, 0.29) is 41.2 Å². The lowest BCUT2D eigenvalue weighted by molar-refractivity contribution is 0.102. The van der Waals surface area contributed by atoms with E-state index in [1.54, 1.807) is 19.2 Å². The first-order valence-electron chi connectivity index (χ1n) is 12.2. The molecule has 1 aromatic carbocycles. The molecule has 192 valence electrons. The van der Waals surface area contributed by atoms with Crippen LogP contribution in [0, 0.1) is 12.3 Å². The molecule has 0 saturated heterocycles. The van der Waals surface area contributed by atoms with Gasteiger partial charge in [-0.3, -0.25) is 9.78 Å². The lowest BCUT2D eigenvalue weighted by Crippen LogP contribution is -2.36. The normalized spacial score (nSPS) is 18.7.